The van der Waals surface area contributed by atoms with Gasteiger partial charge in [-0.3, -0.25) is 15.2 Å². The first-order valence-corrected chi connectivity index (χ1v) is 11.5. The predicted octanol–water partition coefficient (Wildman–Crippen LogP) is 2.66. The molecule has 0 unspecified atom stereocenters. The van der Waals surface area contributed by atoms with Crippen LogP contribution in [0.2, 0.25) is 0 Å². The number of ether oxygens (including phenoxy) is 1. The van der Waals surface area contributed by atoms with E-state index in [9.17, 15) is 17.6 Å². The predicted molar refractivity (Wildman–Crippen MR) is 115 cm³/mol. The number of para-hydroxylation sites is 1. The highest BCUT2D eigenvalue weighted by Crippen LogP contribution is 2.28. The minimum Gasteiger partial charge on any atom is -0.496 e. The number of rotatable bonds is 6. The van der Waals surface area contributed by atoms with Crippen LogP contribution in [0.25, 0.3) is 11.4 Å². The second kappa shape index (κ2) is 9.05. The molecule has 1 aromatic heterocycles. The number of aromatic nitrogens is 3. The molecule has 3 aromatic rings. The summed E-state index contributed by atoms with van der Waals surface area (Å²) in [6.45, 7) is 0.241. The Balaban J connectivity index is 1.38. The summed E-state index contributed by atoms with van der Waals surface area (Å²) in [5, 5.41) is 9.48. The number of halogens is 1. The van der Waals surface area contributed by atoms with Gasteiger partial charge in [0.2, 0.25) is 21.9 Å². The molecular weight excluding hydrogens is 437 g/mol. The molecule has 2 aromatic carbocycles. The van der Waals surface area contributed by atoms with Crippen LogP contribution in [-0.4, -0.2) is 54.0 Å². The van der Waals surface area contributed by atoms with Crippen molar-refractivity contribution in [1.29, 1.82) is 0 Å². The van der Waals surface area contributed by atoms with Crippen LogP contribution in [0.4, 0.5) is 10.3 Å². The van der Waals surface area contributed by atoms with Gasteiger partial charge in [-0.25, -0.2) is 12.8 Å². The van der Waals surface area contributed by atoms with Crippen LogP contribution < -0.4 is 10.1 Å². The lowest BCUT2D eigenvalue weighted by Gasteiger charge is -2.30. The second-order valence-corrected chi connectivity index (χ2v) is 9.21. The summed E-state index contributed by atoms with van der Waals surface area (Å²) in [4.78, 5) is 16.6. The van der Waals surface area contributed by atoms with Crippen LogP contribution in [0.5, 0.6) is 5.75 Å². The lowest BCUT2D eigenvalue weighted by molar-refractivity contribution is -0.121. The summed E-state index contributed by atoms with van der Waals surface area (Å²) in [7, 11) is -2.40. The maximum atomic E-state index is 14.0. The molecule has 0 saturated carbocycles. The summed E-state index contributed by atoms with van der Waals surface area (Å²) in [5.41, 5.74) is 0.703. The summed E-state index contributed by atoms with van der Waals surface area (Å²) in [5.74, 6) is -0.303. The third-order valence-electron chi connectivity index (χ3n) is 5.36. The van der Waals surface area contributed by atoms with Gasteiger partial charge >= 0.3 is 0 Å². The van der Waals surface area contributed by atoms with Crippen molar-refractivity contribution in [3.8, 4) is 17.1 Å². The number of benzene rings is 2. The molecular formula is C21H22FN5O4S. The largest absolute Gasteiger partial charge is 0.496 e. The Kier molecular flexibility index (Phi) is 6.19. The Morgan fingerprint density at radius 3 is 2.56 bits per heavy atom. The standard InChI is InChI=1S/C21H22FN5O4S/c1-31-17-8-4-2-6-15(17)19-23-21(26-25-19)24-20(28)14-10-12-27(13-11-14)32(29,30)18-9-5-3-7-16(18)22/h2-9,14H,10-13H2,1H3,(H2,23,24,25,26,28). The molecule has 0 spiro atoms. The molecule has 32 heavy (non-hydrogen) atoms. The van der Waals surface area contributed by atoms with Crippen molar-refractivity contribution in [2.45, 2.75) is 17.7 Å². The number of carbonyl (C=O) groups excluding carboxylic acids is 1. The van der Waals surface area contributed by atoms with E-state index in [0.717, 1.165) is 6.07 Å². The third-order valence-corrected chi connectivity index (χ3v) is 7.29. The van der Waals surface area contributed by atoms with E-state index >= 15 is 0 Å². The Labute approximate surface area is 184 Å². The molecule has 2 N–H and O–H groups in total. The summed E-state index contributed by atoms with van der Waals surface area (Å²) >= 11 is 0. The Hall–Kier alpha value is -3.31. The molecule has 168 valence electrons. The van der Waals surface area contributed by atoms with Gasteiger partial charge in [-0.15, -0.1) is 5.10 Å². The van der Waals surface area contributed by atoms with Crippen molar-refractivity contribution in [2.75, 3.05) is 25.5 Å². The zero-order chi connectivity index (χ0) is 22.7. The van der Waals surface area contributed by atoms with Crippen molar-refractivity contribution in [3.63, 3.8) is 0 Å². The first-order chi connectivity index (χ1) is 15.4. The number of anilines is 1. The molecule has 0 aliphatic carbocycles. The number of nitrogens with zero attached hydrogens (tertiary/aromatic N) is 3. The van der Waals surface area contributed by atoms with Gasteiger partial charge in [-0.05, 0) is 37.1 Å². The van der Waals surface area contributed by atoms with Crippen LogP contribution in [0.3, 0.4) is 0 Å². The quantitative estimate of drug-likeness (QED) is 0.585. The van der Waals surface area contributed by atoms with Crippen LogP contribution in [0, 0.1) is 11.7 Å². The van der Waals surface area contributed by atoms with Crippen molar-refractivity contribution in [2.24, 2.45) is 5.92 Å². The van der Waals surface area contributed by atoms with E-state index in [1.807, 2.05) is 18.2 Å². The average Bonchev–Trinajstić information content (AvgIpc) is 3.27. The minimum atomic E-state index is -3.95. The van der Waals surface area contributed by atoms with E-state index in [-0.39, 0.29) is 29.8 Å². The SMILES string of the molecule is COc1ccccc1-c1nc(NC(=O)C2CCN(S(=O)(=O)c3ccccc3F)CC2)n[nH]1. The lowest BCUT2D eigenvalue weighted by Crippen LogP contribution is -2.41. The molecule has 1 fully saturated rings. The molecule has 1 amide bonds. The van der Waals surface area contributed by atoms with E-state index in [0.29, 0.717) is 30.0 Å². The first kappa shape index (κ1) is 21.9. The van der Waals surface area contributed by atoms with Gasteiger partial charge in [0.15, 0.2) is 5.82 Å². The van der Waals surface area contributed by atoms with Gasteiger partial charge < -0.3 is 4.74 Å². The number of H-pyrrole nitrogens is 1. The number of carbonyl (C=O) groups is 1. The molecule has 0 bridgehead atoms. The Morgan fingerprint density at radius 2 is 1.84 bits per heavy atom. The van der Waals surface area contributed by atoms with Crippen LogP contribution in [-0.2, 0) is 14.8 Å². The number of methoxy groups -OCH3 is 1. The van der Waals surface area contributed by atoms with Gasteiger partial charge in [0.25, 0.3) is 0 Å². The number of amides is 1. The smallest absolute Gasteiger partial charge is 0.249 e. The number of piperidine rings is 1. The number of aromatic amines is 1. The number of hydrogen-bond donors (Lipinski definition) is 2. The highest BCUT2D eigenvalue weighted by Gasteiger charge is 2.33. The van der Waals surface area contributed by atoms with E-state index in [1.54, 1.807) is 13.2 Å². The fourth-order valence-corrected chi connectivity index (χ4v) is 5.18. The van der Waals surface area contributed by atoms with E-state index < -0.39 is 21.8 Å². The number of sulfonamides is 1. The highest BCUT2D eigenvalue weighted by atomic mass is 32.2. The molecule has 1 aliphatic rings. The molecule has 1 aliphatic heterocycles. The maximum absolute atomic E-state index is 14.0. The fraction of sp³-hybridized carbons (Fsp3) is 0.286. The average molecular weight is 460 g/mol. The van der Waals surface area contributed by atoms with Gasteiger partial charge in [-0.1, -0.05) is 24.3 Å². The van der Waals surface area contributed by atoms with Crippen LogP contribution in [0.1, 0.15) is 12.8 Å². The molecule has 2 heterocycles. The Morgan fingerprint density at radius 1 is 1.16 bits per heavy atom. The van der Waals surface area contributed by atoms with Gasteiger partial charge in [0.1, 0.15) is 16.5 Å². The molecule has 1 saturated heterocycles. The maximum Gasteiger partial charge on any atom is 0.249 e. The summed E-state index contributed by atoms with van der Waals surface area (Å²) in [6.07, 6.45) is 0.618. The van der Waals surface area contributed by atoms with Crippen molar-refractivity contribution < 1.29 is 22.3 Å². The van der Waals surface area contributed by atoms with E-state index in [4.69, 9.17) is 4.74 Å². The van der Waals surface area contributed by atoms with Crippen molar-refractivity contribution >= 4 is 21.9 Å². The minimum absolute atomic E-state index is 0.120. The fourth-order valence-electron chi connectivity index (χ4n) is 3.64. The van der Waals surface area contributed by atoms with Gasteiger partial charge in [-0.2, -0.15) is 9.29 Å². The van der Waals surface area contributed by atoms with E-state index in [1.165, 1.54) is 22.5 Å². The van der Waals surface area contributed by atoms with E-state index in [2.05, 4.69) is 20.5 Å². The number of nitrogens with one attached hydrogen (secondary N) is 2. The molecule has 4 rings (SSSR count). The second-order valence-electron chi connectivity index (χ2n) is 7.31. The Bertz CT molecular complexity index is 1220. The highest BCUT2D eigenvalue weighted by molar-refractivity contribution is 7.89. The summed E-state index contributed by atoms with van der Waals surface area (Å²) in [6, 6.07) is 12.5. The first-order valence-electron chi connectivity index (χ1n) is 10.0. The molecule has 9 nitrogen and oxygen atoms in total. The van der Waals surface area contributed by atoms with Crippen molar-refractivity contribution in [1.82, 2.24) is 19.5 Å². The topological polar surface area (TPSA) is 117 Å². The van der Waals surface area contributed by atoms with Crippen LogP contribution in [0.15, 0.2) is 53.4 Å². The number of hydrogen-bond acceptors (Lipinski definition) is 6. The zero-order valence-electron chi connectivity index (χ0n) is 17.3. The van der Waals surface area contributed by atoms with Crippen molar-refractivity contribution in [3.05, 3.63) is 54.3 Å². The van der Waals surface area contributed by atoms with Gasteiger partial charge in [0, 0.05) is 19.0 Å². The zero-order valence-corrected chi connectivity index (χ0v) is 18.1. The molecule has 0 atom stereocenters. The normalized spacial score (nSPS) is 15.4. The summed E-state index contributed by atoms with van der Waals surface area (Å²) < 4.78 is 45.9. The van der Waals surface area contributed by atoms with Crippen LogP contribution >= 0.6 is 0 Å². The molecule has 0 radical (unpaired) electrons. The monoisotopic (exact) mass is 459 g/mol. The molecule has 11 heteroatoms. The lowest BCUT2D eigenvalue weighted by atomic mass is 9.97. The van der Waals surface area contributed by atoms with Gasteiger partial charge in [0.05, 0.1) is 12.7 Å². The third kappa shape index (κ3) is 4.34.